The summed E-state index contributed by atoms with van der Waals surface area (Å²) in [5.41, 5.74) is 13.5. The summed E-state index contributed by atoms with van der Waals surface area (Å²) in [6.07, 6.45) is 0.282. The molecule has 5 N–H and O–H groups in total. The van der Waals surface area contributed by atoms with Crippen molar-refractivity contribution in [1.29, 1.82) is 0 Å². The number of amides is 3. The van der Waals surface area contributed by atoms with Crippen LogP contribution in [-0.4, -0.2) is 40.7 Å². The molecule has 3 rings (SSSR count). The molecule has 0 aliphatic rings. The smallest absolute Gasteiger partial charge is 0.237 e. The largest absolute Gasteiger partial charge is 0.368 e. The molecular formula is C21H21FN4O3. The SMILES string of the molecule is NC(=O)CN(CC(N)=O)C(=O)CCc1c(-c2ccccc2)[nH]c2ccc(F)cc12. The van der Waals surface area contributed by atoms with E-state index in [2.05, 4.69) is 4.98 Å². The summed E-state index contributed by atoms with van der Waals surface area (Å²) in [6, 6.07) is 13.9. The van der Waals surface area contributed by atoms with Gasteiger partial charge in [0.2, 0.25) is 17.7 Å². The Balaban J connectivity index is 1.92. The predicted octanol–water partition coefficient (Wildman–Crippen LogP) is 1.71. The molecule has 0 saturated carbocycles. The zero-order chi connectivity index (χ0) is 21.0. The van der Waals surface area contributed by atoms with Crippen molar-refractivity contribution in [2.24, 2.45) is 11.5 Å². The second-order valence-electron chi connectivity index (χ2n) is 6.72. The van der Waals surface area contributed by atoms with Gasteiger partial charge in [-0.15, -0.1) is 0 Å². The van der Waals surface area contributed by atoms with Crippen LogP contribution in [0.15, 0.2) is 48.5 Å². The van der Waals surface area contributed by atoms with E-state index in [1.54, 1.807) is 6.07 Å². The molecule has 29 heavy (non-hydrogen) atoms. The molecule has 0 saturated heterocycles. The van der Waals surface area contributed by atoms with Crippen LogP contribution in [-0.2, 0) is 20.8 Å². The number of primary amides is 2. The van der Waals surface area contributed by atoms with Crippen LogP contribution in [0.2, 0.25) is 0 Å². The van der Waals surface area contributed by atoms with E-state index in [-0.39, 0.29) is 18.7 Å². The second kappa shape index (κ2) is 8.55. The van der Waals surface area contributed by atoms with Gasteiger partial charge in [0.15, 0.2) is 0 Å². The first-order valence-electron chi connectivity index (χ1n) is 9.05. The molecule has 0 bridgehead atoms. The highest BCUT2D eigenvalue weighted by molar-refractivity contribution is 5.92. The number of fused-ring (bicyclic) bond motifs is 1. The number of hydrogen-bond donors (Lipinski definition) is 3. The number of benzene rings is 2. The van der Waals surface area contributed by atoms with Gasteiger partial charge < -0.3 is 21.4 Å². The Hall–Kier alpha value is -3.68. The standard InChI is InChI=1S/C21H21FN4O3/c22-14-6-8-17-16(10-14)15(21(25-17)13-4-2-1-3-5-13)7-9-20(29)26(11-18(23)27)12-19(24)28/h1-6,8,10,25H,7,9,11-12H2,(H2,23,27)(H2,24,28). The quantitative estimate of drug-likeness (QED) is 0.537. The first kappa shape index (κ1) is 20.1. The average molecular weight is 396 g/mol. The van der Waals surface area contributed by atoms with E-state index in [0.717, 1.165) is 27.2 Å². The number of hydrogen-bond acceptors (Lipinski definition) is 3. The molecule has 2 aromatic carbocycles. The molecule has 150 valence electrons. The molecular weight excluding hydrogens is 375 g/mol. The maximum atomic E-state index is 13.9. The molecule has 0 aliphatic heterocycles. The van der Waals surface area contributed by atoms with Crippen LogP contribution in [0.1, 0.15) is 12.0 Å². The second-order valence-corrected chi connectivity index (χ2v) is 6.72. The lowest BCUT2D eigenvalue weighted by Gasteiger charge is -2.19. The van der Waals surface area contributed by atoms with Gasteiger partial charge in [0.25, 0.3) is 0 Å². The summed E-state index contributed by atoms with van der Waals surface area (Å²) in [7, 11) is 0. The molecule has 3 amide bonds. The van der Waals surface area contributed by atoms with Crippen LogP contribution in [0, 0.1) is 5.82 Å². The van der Waals surface area contributed by atoms with E-state index in [0.29, 0.717) is 5.39 Å². The topological polar surface area (TPSA) is 122 Å². The Morgan fingerprint density at radius 1 is 0.966 bits per heavy atom. The number of aryl methyl sites for hydroxylation is 1. The molecule has 8 heteroatoms. The Kier molecular flexibility index (Phi) is 5.92. The van der Waals surface area contributed by atoms with Crippen LogP contribution >= 0.6 is 0 Å². The predicted molar refractivity (Wildman–Crippen MR) is 107 cm³/mol. The lowest BCUT2D eigenvalue weighted by atomic mass is 10.0. The van der Waals surface area contributed by atoms with Crippen molar-refractivity contribution in [3.63, 3.8) is 0 Å². The van der Waals surface area contributed by atoms with Crippen LogP contribution in [0.4, 0.5) is 4.39 Å². The highest BCUT2D eigenvalue weighted by Gasteiger charge is 2.20. The number of nitrogens with one attached hydrogen (secondary N) is 1. The Morgan fingerprint density at radius 3 is 2.24 bits per heavy atom. The molecule has 1 heterocycles. The number of nitrogens with two attached hydrogens (primary N) is 2. The number of rotatable bonds is 8. The Morgan fingerprint density at radius 2 is 1.62 bits per heavy atom. The van der Waals surface area contributed by atoms with Crippen molar-refractivity contribution >= 4 is 28.6 Å². The molecule has 7 nitrogen and oxygen atoms in total. The highest BCUT2D eigenvalue weighted by Crippen LogP contribution is 2.32. The minimum absolute atomic E-state index is 0.00383. The average Bonchev–Trinajstić information content (AvgIpc) is 3.03. The van der Waals surface area contributed by atoms with Crippen LogP contribution < -0.4 is 11.5 Å². The first-order valence-corrected chi connectivity index (χ1v) is 9.05. The number of aromatic amines is 1. The van der Waals surface area contributed by atoms with Gasteiger partial charge in [-0.25, -0.2) is 4.39 Å². The van der Waals surface area contributed by atoms with Crippen molar-refractivity contribution in [2.45, 2.75) is 12.8 Å². The summed E-state index contributed by atoms with van der Waals surface area (Å²) >= 11 is 0. The third-order valence-corrected chi connectivity index (χ3v) is 4.57. The van der Waals surface area contributed by atoms with Crippen LogP contribution in [0.25, 0.3) is 22.2 Å². The number of aromatic nitrogens is 1. The van der Waals surface area contributed by atoms with E-state index in [1.807, 2.05) is 30.3 Å². The number of halogens is 1. The lowest BCUT2D eigenvalue weighted by Crippen LogP contribution is -2.43. The summed E-state index contributed by atoms with van der Waals surface area (Å²) in [5, 5.41) is 0.674. The van der Waals surface area contributed by atoms with Gasteiger partial charge >= 0.3 is 0 Å². The zero-order valence-electron chi connectivity index (χ0n) is 15.7. The molecule has 0 radical (unpaired) electrons. The molecule has 0 spiro atoms. The maximum absolute atomic E-state index is 13.9. The van der Waals surface area contributed by atoms with Crippen molar-refractivity contribution in [3.8, 4) is 11.3 Å². The number of carbonyl (C=O) groups excluding carboxylic acids is 3. The van der Waals surface area contributed by atoms with Gasteiger partial charge in [0.05, 0.1) is 13.1 Å². The van der Waals surface area contributed by atoms with Gasteiger partial charge in [-0.3, -0.25) is 14.4 Å². The van der Waals surface area contributed by atoms with Crippen molar-refractivity contribution < 1.29 is 18.8 Å². The lowest BCUT2D eigenvalue weighted by molar-refractivity contribution is -0.138. The number of nitrogens with zero attached hydrogens (tertiary/aromatic N) is 1. The minimum atomic E-state index is -0.737. The summed E-state index contributed by atoms with van der Waals surface area (Å²) in [4.78, 5) is 39.3. The summed E-state index contributed by atoms with van der Waals surface area (Å²) in [6.45, 7) is -0.786. The highest BCUT2D eigenvalue weighted by atomic mass is 19.1. The van der Waals surface area contributed by atoms with Gasteiger partial charge in [0.1, 0.15) is 5.82 Å². The first-order chi connectivity index (χ1) is 13.8. The molecule has 0 fully saturated rings. The van der Waals surface area contributed by atoms with Gasteiger partial charge in [-0.2, -0.15) is 0 Å². The van der Waals surface area contributed by atoms with E-state index < -0.39 is 30.8 Å². The fourth-order valence-electron chi connectivity index (χ4n) is 3.33. The molecule has 0 aliphatic carbocycles. The van der Waals surface area contributed by atoms with Crippen molar-refractivity contribution in [1.82, 2.24) is 9.88 Å². The monoisotopic (exact) mass is 396 g/mol. The van der Waals surface area contributed by atoms with E-state index in [4.69, 9.17) is 11.5 Å². The van der Waals surface area contributed by atoms with E-state index >= 15 is 0 Å². The molecule has 1 aromatic heterocycles. The number of carbonyl (C=O) groups is 3. The molecule has 0 atom stereocenters. The van der Waals surface area contributed by atoms with Gasteiger partial charge in [-0.05, 0) is 35.7 Å². The normalized spacial score (nSPS) is 10.8. The molecule has 0 unspecified atom stereocenters. The Bertz CT molecular complexity index is 1050. The third kappa shape index (κ3) is 4.78. The fraction of sp³-hybridized carbons (Fsp3) is 0.190. The maximum Gasteiger partial charge on any atom is 0.237 e. The summed E-state index contributed by atoms with van der Waals surface area (Å²) < 4.78 is 13.9. The van der Waals surface area contributed by atoms with Crippen molar-refractivity contribution in [2.75, 3.05) is 13.1 Å². The Labute approximate surface area is 166 Å². The number of H-pyrrole nitrogens is 1. The van der Waals surface area contributed by atoms with Gasteiger partial charge in [-0.1, -0.05) is 30.3 Å². The van der Waals surface area contributed by atoms with Crippen LogP contribution in [0.5, 0.6) is 0 Å². The minimum Gasteiger partial charge on any atom is -0.368 e. The van der Waals surface area contributed by atoms with E-state index in [1.165, 1.54) is 12.1 Å². The van der Waals surface area contributed by atoms with E-state index in [9.17, 15) is 18.8 Å². The van der Waals surface area contributed by atoms with Crippen LogP contribution in [0.3, 0.4) is 0 Å². The third-order valence-electron chi connectivity index (χ3n) is 4.57. The van der Waals surface area contributed by atoms with Gasteiger partial charge in [0, 0.05) is 23.0 Å². The fourth-order valence-corrected chi connectivity index (χ4v) is 3.33. The summed E-state index contributed by atoms with van der Waals surface area (Å²) in [5.74, 6) is -2.29. The zero-order valence-corrected chi connectivity index (χ0v) is 15.7. The van der Waals surface area contributed by atoms with Crippen molar-refractivity contribution in [3.05, 3.63) is 59.9 Å². The molecule has 3 aromatic rings.